The summed E-state index contributed by atoms with van der Waals surface area (Å²) in [5.41, 5.74) is 0. The van der Waals surface area contributed by atoms with Crippen molar-refractivity contribution in [2.24, 2.45) is 0 Å². The molecule has 0 aliphatic carbocycles. The lowest BCUT2D eigenvalue weighted by atomic mass is 9.93. The van der Waals surface area contributed by atoms with Crippen LogP contribution < -0.4 is 29.9 Å². The van der Waals surface area contributed by atoms with Gasteiger partial charge in [-0.3, -0.25) is 23.9 Å². The third-order valence-electron chi connectivity index (χ3n) is 12.5. The van der Waals surface area contributed by atoms with E-state index in [-0.39, 0.29) is 0 Å². The first kappa shape index (κ1) is 84.5. The van der Waals surface area contributed by atoms with E-state index in [0.717, 1.165) is 6.92 Å². The Bertz CT molecular complexity index is 2620. The minimum absolute atomic E-state index is 0.812. The van der Waals surface area contributed by atoms with E-state index >= 15 is 0 Å². The Morgan fingerprint density at radius 3 is 1.35 bits per heavy atom. The topological polar surface area (TPSA) is 718 Å². The van der Waals surface area contributed by atoms with Gasteiger partial charge >= 0.3 is 10.4 Å². The standard InChI is InChI=1S/C19H36N2O25S3.C14H27NO16S2.3OS/c1-5-9(20-47(28,29)30)17(44-46-27)16(8(39-5)3-37-45-26)43-19-14(25)13(24)15(6(2)40-19)42-18-10(21-48(31,32)33)12(23)11(22)7(41-18)4-38-49(34,35)36;1-5-8(15-32(19,20)21)9(16)12(7(27-5)4-26-33(22,23)24)29-14-13(30-31-18)10(17)11(25-3)6(2)28-14;3*1-2/h5-27H,3-4H2,1-2H3,(H,28,29,30)(H,31,32,33)(H,34,35,36);5-18H,4H2,1-3H3,(H,19,20,21)(H,22,23,24);;;/p-7/t5-,6?,7?,8?,9?,10?,11+,12+,13+,14?,15+,16+,17+,18+,19-;5-,6?,7?,8?,9-,10-,11-,12-,13?,14+;;;/m01.../s1. The predicted molar refractivity (Wildman–Crippen MR) is 254 cm³/mol. The molecule has 522 valence electrons. The van der Waals surface area contributed by atoms with Crippen molar-refractivity contribution in [3.63, 3.8) is 0 Å². The Labute approximate surface area is 513 Å². The summed E-state index contributed by atoms with van der Waals surface area (Å²) >= 11 is 8.50. The number of hydrogen-bond donors (Lipinski definition) is 10. The van der Waals surface area contributed by atoms with Gasteiger partial charge in [-0.15, -0.1) is 0 Å². The zero-order chi connectivity index (χ0) is 68.2. The second-order valence-corrected chi connectivity index (χ2v) is 23.6. The molecular formula is C33H56N3O44S8-7. The van der Waals surface area contributed by atoms with Crippen LogP contribution >= 0.6 is 0 Å². The number of ether oxygens (including phenoxy) is 9. The highest BCUT2D eigenvalue weighted by molar-refractivity contribution is 7.84. The third-order valence-corrected chi connectivity index (χ3v) is 15.0. The summed E-state index contributed by atoms with van der Waals surface area (Å²) in [6.07, 6.45) is -37.9. The Balaban J connectivity index is 0.000000863. The minimum atomic E-state index is -5.43. The van der Waals surface area contributed by atoms with Crippen LogP contribution in [0, 0.1) is 0 Å². The fourth-order valence-corrected chi connectivity index (χ4v) is 11.4. The Hall–Kier alpha value is -1.55. The van der Waals surface area contributed by atoms with Crippen molar-refractivity contribution in [1.82, 2.24) is 14.2 Å². The fraction of sp³-hybridized carbons (Fsp3) is 1.00. The third kappa shape index (κ3) is 26.3. The molecule has 25 atom stereocenters. The van der Waals surface area contributed by atoms with Gasteiger partial charge in [0.15, 0.2) is 93.5 Å². The Morgan fingerprint density at radius 1 is 0.420 bits per heavy atom. The van der Waals surface area contributed by atoms with Gasteiger partial charge in [0.25, 0.3) is 0 Å². The smallest absolute Gasteiger partial charge is 0.397 e. The summed E-state index contributed by atoms with van der Waals surface area (Å²) in [6, 6.07) is -5.47. The highest BCUT2D eigenvalue weighted by Crippen LogP contribution is 2.35. The van der Waals surface area contributed by atoms with Gasteiger partial charge in [-0.05, 0) is 27.7 Å². The van der Waals surface area contributed by atoms with Gasteiger partial charge in [-0.25, -0.2) is 66.7 Å². The SMILES string of the molecule is CC1O[C@@H](O[C@@H]2C(COO[O-])O[C@@H](C)C(NS(=O)(=O)[O-])[C@H]2OO[O-])C(O)[C@@H](O)[C@@H]1O[C@H]1OC(COS(=O)(=O)O)[C@@H](O)[C@H](O)C1NS(=O)(=O)[O-].CO[C@@H]1C(C)O[C@@H](O[C@@H]2C(COS(=O)(=O)[O-])O[C@H](C)C(NS(=O)(=O)[O-])[C@H]2O)C(OO[O-])[C@@H]1O.O=S.O=S.O=S. The van der Waals surface area contributed by atoms with E-state index in [0.29, 0.717) is 0 Å². The Kier molecular flexibility index (Phi) is 36.6. The molecule has 88 heavy (non-hydrogen) atoms. The van der Waals surface area contributed by atoms with Crippen molar-refractivity contribution >= 4 is 89.3 Å². The molecule has 0 amide bonds. The molecule has 47 nitrogen and oxygen atoms in total. The molecule has 0 aromatic heterocycles. The maximum absolute atomic E-state index is 11.5. The molecular weight excluding hydrogens is 1400 g/mol. The maximum Gasteiger partial charge on any atom is 0.397 e. The lowest BCUT2D eigenvalue weighted by molar-refractivity contribution is -0.809. The van der Waals surface area contributed by atoms with Crippen LogP contribution in [0.3, 0.4) is 0 Å². The van der Waals surface area contributed by atoms with Crippen molar-refractivity contribution < 1.29 is 205 Å². The first-order valence-corrected chi connectivity index (χ1v) is 31.3. The van der Waals surface area contributed by atoms with E-state index in [1.165, 1.54) is 32.6 Å². The maximum atomic E-state index is 11.5. The zero-order valence-corrected chi connectivity index (χ0v) is 51.1. The minimum Gasteiger partial charge on any atom is -0.735 e. The lowest BCUT2D eigenvalue weighted by Gasteiger charge is -2.49. The summed E-state index contributed by atoms with van der Waals surface area (Å²) in [5.74, 6) is 0. The molecule has 0 aromatic rings. The molecule has 10 N–H and O–H groups in total. The van der Waals surface area contributed by atoms with E-state index in [9.17, 15) is 107 Å². The summed E-state index contributed by atoms with van der Waals surface area (Å²) < 4.78 is 251. The summed E-state index contributed by atoms with van der Waals surface area (Å²) in [7, 11) is -24.9. The zero-order valence-electron chi connectivity index (χ0n) is 44.6. The van der Waals surface area contributed by atoms with E-state index in [1.54, 1.807) is 9.44 Å². The number of hydrogen-bond acceptors (Lipinski definition) is 46. The predicted octanol–water partition coefficient (Wildman–Crippen LogP) is -15.0. The van der Waals surface area contributed by atoms with Gasteiger partial charge in [-0.1, -0.05) is 0 Å². The summed E-state index contributed by atoms with van der Waals surface area (Å²) in [4.78, 5) is 13.3. The lowest BCUT2D eigenvalue weighted by Crippen LogP contribution is -2.68. The summed E-state index contributed by atoms with van der Waals surface area (Å²) in [6.45, 7) is 2.08. The molecule has 0 radical (unpaired) electrons. The molecule has 5 fully saturated rings. The van der Waals surface area contributed by atoms with Crippen LogP contribution in [0.1, 0.15) is 27.7 Å². The number of rotatable bonds is 26. The van der Waals surface area contributed by atoms with Gasteiger partial charge in [0.1, 0.15) is 98.1 Å². The monoisotopic (exact) mass is 1450 g/mol. The van der Waals surface area contributed by atoms with E-state index < -0.39 is 225 Å². The highest BCUT2D eigenvalue weighted by atomic mass is 32.3. The van der Waals surface area contributed by atoms with Crippen LogP contribution in [0.15, 0.2) is 0 Å². The molecule has 0 aromatic carbocycles. The second-order valence-electron chi connectivity index (χ2n) is 18.0. The van der Waals surface area contributed by atoms with Gasteiger partial charge in [0.05, 0.1) is 49.7 Å². The van der Waals surface area contributed by atoms with Crippen LogP contribution in [0.5, 0.6) is 0 Å². The Morgan fingerprint density at radius 2 is 0.864 bits per heavy atom. The molecule has 5 rings (SSSR count). The van der Waals surface area contributed by atoms with Crippen LogP contribution in [-0.4, -0.2) is 288 Å². The number of nitrogens with one attached hydrogen (secondary N) is 3. The number of aliphatic hydroxyl groups excluding tert-OH is 6. The number of methoxy groups -OCH3 is 1. The first-order valence-electron chi connectivity index (χ1n) is 23.3. The molecule has 0 spiro atoms. The van der Waals surface area contributed by atoms with Crippen LogP contribution in [-0.2, 0) is 170 Å². The van der Waals surface area contributed by atoms with Crippen LogP contribution in [0.2, 0.25) is 0 Å². The average molecular weight is 1460 g/mol. The molecule has 5 aliphatic heterocycles. The van der Waals surface area contributed by atoms with Crippen molar-refractivity contribution in [2.45, 2.75) is 181 Å². The van der Waals surface area contributed by atoms with Crippen LogP contribution in [0.25, 0.3) is 0 Å². The van der Waals surface area contributed by atoms with E-state index in [1.807, 2.05) is 0 Å². The average Bonchev–Trinajstić information content (AvgIpc) is 1.03. The van der Waals surface area contributed by atoms with E-state index in [2.05, 4.69) is 75.7 Å². The van der Waals surface area contributed by atoms with Crippen molar-refractivity contribution in [2.75, 3.05) is 26.9 Å². The van der Waals surface area contributed by atoms with E-state index in [4.69, 9.17) is 59.8 Å². The van der Waals surface area contributed by atoms with Crippen LogP contribution in [0.4, 0.5) is 0 Å². The molecule has 5 heterocycles. The molecule has 5 aliphatic rings. The normalized spacial score (nSPS) is 38.2. The van der Waals surface area contributed by atoms with Gasteiger partial charge in [0, 0.05) is 7.11 Å². The molecule has 0 bridgehead atoms. The van der Waals surface area contributed by atoms with Crippen molar-refractivity contribution in [3.8, 4) is 0 Å². The molecule has 55 heteroatoms. The second kappa shape index (κ2) is 38.1. The molecule has 10 unspecified atom stereocenters. The summed E-state index contributed by atoms with van der Waals surface area (Å²) in [5, 5.41) is 106. The van der Waals surface area contributed by atoms with Gasteiger partial charge in [-0.2, -0.15) is 21.0 Å². The van der Waals surface area contributed by atoms with Gasteiger partial charge in [0.2, 0.25) is 10.4 Å². The molecule has 0 saturated carbocycles. The quantitative estimate of drug-likeness (QED) is 0.0166. The highest BCUT2D eigenvalue weighted by Gasteiger charge is 2.55. The first-order chi connectivity index (χ1) is 40.7. The molecule has 5 saturated heterocycles. The number of aliphatic hydroxyl groups is 6. The fourth-order valence-electron chi connectivity index (χ4n) is 8.91. The van der Waals surface area contributed by atoms with Gasteiger partial charge < -0.3 is 107 Å². The largest absolute Gasteiger partial charge is 0.735 e. The van der Waals surface area contributed by atoms with Crippen molar-refractivity contribution in [1.29, 1.82) is 0 Å². The van der Waals surface area contributed by atoms with Crippen molar-refractivity contribution in [3.05, 3.63) is 0 Å².